The van der Waals surface area contributed by atoms with Crippen LogP contribution in [0.3, 0.4) is 0 Å². The fraction of sp³-hybridized carbons (Fsp3) is 0.571. The quantitative estimate of drug-likeness (QED) is 0.617. The minimum absolute atomic E-state index is 0.153. The van der Waals surface area contributed by atoms with Crippen molar-refractivity contribution in [1.82, 2.24) is 0 Å². The molecule has 0 aromatic heterocycles. The highest BCUT2D eigenvalue weighted by Crippen LogP contribution is 2.36. The summed E-state index contributed by atoms with van der Waals surface area (Å²) in [5, 5.41) is 0. The summed E-state index contributed by atoms with van der Waals surface area (Å²) in [6.45, 7) is 1.60. The number of halogens is 4. The highest BCUT2D eigenvalue weighted by atomic mass is 79.9. The Labute approximate surface area is 76.5 Å². The van der Waals surface area contributed by atoms with Crippen molar-refractivity contribution in [2.24, 2.45) is 4.99 Å². The highest BCUT2D eigenvalue weighted by Gasteiger charge is 2.37. The fourth-order valence-electron chi connectivity index (χ4n) is 0.934. The number of alkyl halides is 3. The summed E-state index contributed by atoms with van der Waals surface area (Å²) in [5.74, 6) is 0. The average molecular weight is 242 g/mol. The third kappa shape index (κ3) is 2.09. The lowest BCUT2D eigenvalue weighted by atomic mass is 10.1. The minimum atomic E-state index is -4.33. The predicted molar refractivity (Wildman–Crippen MR) is 44.4 cm³/mol. The van der Waals surface area contributed by atoms with Gasteiger partial charge in [0.2, 0.25) is 0 Å². The van der Waals surface area contributed by atoms with E-state index in [1.165, 1.54) is 0 Å². The van der Waals surface area contributed by atoms with Gasteiger partial charge in [-0.2, -0.15) is 13.2 Å². The molecule has 68 valence electrons. The van der Waals surface area contributed by atoms with Gasteiger partial charge in [0.15, 0.2) is 5.70 Å². The van der Waals surface area contributed by atoms with E-state index in [-0.39, 0.29) is 4.48 Å². The van der Waals surface area contributed by atoms with Gasteiger partial charge in [0, 0.05) is 10.2 Å². The Morgan fingerprint density at radius 1 is 1.33 bits per heavy atom. The molecule has 0 aromatic carbocycles. The van der Waals surface area contributed by atoms with Gasteiger partial charge in [0.25, 0.3) is 0 Å². The minimum Gasteiger partial charge on any atom is -0.252 e. The third-order valence-electron chi connectivity index (χ3n) is 1.53. The first-order valence-corrected chi connectivity index (χ1v) is 4.20. The van der Waals surface area contributed by atoms with Crippen molar-refractivity contribution in [2.45, 2.75) is 25.9 Å². The third-order valence-corrected chi connectivity index (χ3v) is 2.31. The molecule has 0 atom stereocenters. The molecule has 0 N–H and O–H groups in total. The molecular weight excluding hydrogens is 235 g/mol. The van der Waals surface area contributed by atoms with Crippen LogP contribution >= 0.6 is 15.9 Å². The van der Waals surface area contributed by atoms with E-state index in [0.717, 1.165) is 0 Å². The number of rotatable bonds is 0. The van der Waals surface area contributed by atoms with Crippen molar-refractivity contribution in [3.8, 4) is 0 Å². The highest BCUT2D eigenvalue weighted by molar-refractivity contribution is 9.11. The second-order valence-electron chi connectivity index (χ2n) is 2.60. The summed E-state index contributed by atoms with van der Waals surface area (Å²) in [6, 6.07) is 0. The first kappa shape index (κ1) is 9.77. The molecule has 0 bridgehead atoms. The molecule has 1 heterocycles. The summed E-state index contributed by atoms with van der Waals surface area (Å²) < 4.78 is 36.7. The van der Waals surface area contributed by atoms with Crippen LogP contribution < -0.4 is 0 Å². The van der Waals surface area contributed by atoms with Gasteiger partial charge < -0.3 is 0 Å². The Balaban J connectivity index is 3.02. The van der Waals surface area contributed by atoms with Gasteiger partial charge >= 0.3 is 6.18 Å². The molecule has 1 rings (SSSR count). The SMILES string of the molecule is CC1=NC(C(F)(F)F)=C(Br)CC1. The van der Waals surface area contributed by atoms with E-state index >= 15 is 0 Å². The average Bonchev–Trinajstić information content (AvgIpc) is 1.92. The number of hydrogen-bond acceptors (Lipinski definition) is 1. The summed E-state index contributed by atoms with van der Waals surface area (Å²) in [5.41, 5.74) is -0.253. The molecule has 0 saturated carbocycles. The van der Waals surface area contributed by atoms with Gasteiger partial charge in [0.05, 0.1) is 0 Å². The van der Waals surface area contributed by atoms with E-state index in [1.807, 2.05) is 0 Å². The molecule has 0 spiro atoms. The Morgan fingerprint density at radius 3 is 2.33 bits per heavy atom. The Hall–Kier alpha value is -0.320. The van der Waals surface area contributed by atoms with Crippen molar-refractivity contribution < 1.29 is 13.2 Å². The summed E-state index contributed by atoms with van der Waals surface area (Å²) in [7, 11) is 0. The summed E-state index contributed by atoms with van der Waals surface area (Å²) in [4.78, 5) is 3.46. The Bertz CT molecular complexity index is 252. The van der Waals surface area contributed by atoms with Crippen LogP contribution in [0.1, 0.15) is 19.8 Å². The van der Waals surface area contributed by atoms with Crippen molar-refractivity contribution in [3.63, 3.8) is 0 Å². The molecule has 0 unspecified atom stereocenters. The van der Waals surface area contributed by atoms with Crippen molar-refractivity contribution in [2.75, 3.05) is 0 Å². The molecule has 0 aliphatic carbocycles. The van der Waals surface area contributed by atoms with Crippen LogP contribution in [-0.2, 0) is 0 Å². The standard InChI is InChI=1S/C7H7BrF3N/c1-4-2-3-5(8)6(12-4)7(9,10)11/h2-3H2,1H3. The Morgan fingerprint density at radius 2 is 1.92 bits per heavy atom. The lowest BCUT2D eigenvalue weighted by Crippen LogP contribution is -2.15. The first-order valence-electron chi connectivity index (χ1n) is 3.41. The van der Waals surface area contributed by atoms with E-state index in [0.29, 0.717) is 18.6 Å². The maximum atomic E-state index is 12.2. The lowest BCUT2D eigenvalue weighted by Gasteiger charge is -2.15. The number of hydrogen-bond donors (Lipinski definition) is 0. The zero-order valence-corrected chi connectivity index (χ0v) is 7.96. The smallest absolute Gasteiger partial charge is 0.252 e. The van der Waals surface area contributed by atoms with Crippen LogP contribution in [0.15, 0.2) is 15.2 Å². The van der Waals surface area contributed by atoms with E-state index in [9.17, 15) is 13.2 Å². The molecule has 5 heteroatoms. The van der Waals surface area contributed by atoms with Gasteiger partial charge in [-0.1, -0.05) is 15.9 Å². The van der Waals surface area contributed by atoms with Crippen molar-refractivity contribution in [1.29, 1.82) is 0 Å². The lowest BCUT2D eigenvalue weighted by molar-refractivity contribution is -0.0929. The molecule has 0 aromatic rings. The number of aliphatic imine (C=N–C) groups is 1. The maximum absolute atomic E-state index is 12.2. The van der Waals surface area contributed by atoms with Crippen LogP contribution in [0, 0.1) is 0 Å². The molecule has 1 aliphatic rings. The fourth-order valence-corrected chi connectivity index (χ4v) is 1.45. The number of allylic oxidation sites excluding steroid dienone is 2. The van der Waals surface area contributed by atoms with Crippen LogP contribution in [0.5, 0.6) is 0 Å². The maximum Gasteiger partial charge on any atom is 0.434 e. The van der Waals surface area contributed by atoms with Gasteiger partial charge in [-0.25, -0.2) is 0 Å². The monoisotopic (exact) mass is 241 g/mol. The molecule has 1 aliphatic heterocycles. The number of nitrogens with zero attached hydrogens (tertiary/aromatic N) is 1. The normalized spacial score (nSPS) is 19.6. The van der Waals surface area contributed by atoms with Gasteiger partial charge in [-0.15, -0.1) is 0 Å². The zero-order valence-electron chi connectivity index (χ0n) is 6.37. The second kappa shape index (κ2) is 3.20. The van der Waals surface area contributed by atoms with Crippen LogP contribution in [0.2, 0.25) is 0 Å². The van der Waals surface area contributed by atoms with E-state index < -0.39 is 11.9 Å². The predicted octanol–water partition coefficient (Wildman–Crippen LogP) is 3.41. The molecule has 0 fully saturated rings. The van der Waals surface area contributed by atoms with Gasteiger partial charge in [-0.05, 0) is 19.8 Å². The topological polar surface area (TPSA) is 12.4 Å². The molecular formula is C7H7BrF3N. The molecule has 12 heavy (non-hydrogen) atoms. The van der Waals surface area contributed by atoms with Gasteiger partial charge in [0.1, 0.15) is 0 Å². The van der Waals surface area contributed by atoms with Crippen LogP contribution in [0.25, 0.3) is 0 Å². The molecule has 0 saturated heterocycles. The Kier molecular flexibility index (Phi) is 2.61. The van der Waals surface area contributed by atoms with Crippen molar-refractivity contribution >= 4 is 21.6 Å². The van der Waals surface area contributed by atoms with Crippen molar-refractivity contribution in [3.05, 3.63) is 10.2 Å². The molecule has 0 radical (unpaired) electrons. The molecule has 1 nitrogen and oxygen atoms in total. The van der Waals surface area contributed by atoms with E-state index in [1.54, 1.807) is 6.92 Å². The van der Waals surface area contributed by atoms with Crippen LogP contribution in [-0.4, -0.2) is 11.9 Å². The largest absolute Gasteiger partial charge is 0.434 e. The summed E-state index contributed by atoms with van der Waals surface area (Å²) >= 11 is 2.87. The van der Waals surface area contributed by atoms with E-state index in [4.69, 9.17) is 0 Å². The molecule has 0 amide bonds. The first-order chi connectivity index (χ1) is 5.41. The zero-order chi connectivity index (χ0) is 9.35. The second-order valence-corrected chi connectivity index (χ2v) is 3.56. The van der Waals surface area contributed by atoms with Gasteiger partial charge in [-0.3, -0.25) is 4.99 Å². The van der Waals surface area contributed by atoms with Crippen LogP contribution in [0.4, 0.5) is 13.2 Å². The van der Waals surface area contributed by atoms with E-state index in [2.05, 4.69) is 20.9 Å². The summed E-state index contributed by atoms with van der Waals surface area (Å²) in [6.07, 6.45) is -3.34.